The van der Waals surface area contributed by atoms with Gasteiger partial charge in [0.15, 0.2) is 0 Å². The summed E-state index contributed by atoms with van der Waals surface area (Å²) >= 11 is 0. The van der Waals surface area contributed by atoms with E-state index in [4.69, 9.17) is 4.74 Å². The fourth-order valence-electron chi connectivity index (χ4n) is 4.25. The molecule has 0 radical (unpaired) electrons. The molecule has 0 saturated heterocycles. The number of fused-ring (bicyclic) bond motifs is 1. The maximum atomic E-state index is 14.8. The molecule has 33 heavy (non-hydrogen) atoms. The number of hydrogen-bond acceptors (Lipinski definition) is 4. The summed E-state index contributed by atoms with van der Waals surface area (Å²) in [7, 11) is 0. The summed E-state index contributed by atoms with van der Waals surface area (Å²) in [6.45, 7) is 0.210. The largest absolute Gasteiger partial charge is 0.457 e. The second-order valence-corrected chi connectivity index (χ2v) is 8.41. The van der Waals surface area contributed by atoms with E-state index in [0.717, 1.165) is 11.1 Å². The van der Waals surface area contributed by atoms with Crippen LogP contribution in [-0.4, -0.2) is 16.7 Å². The number of carbonyl (C=O) groups is 2. The molecule has 5 heteroatoms. The SMILES string of the molecule is O=C(OCc1ccccc1)c1cccc([C@@H]2C[C@H]2C(=O)Cc2ccc3cnccc3c2F)c1. The Morgan fingerprint density at radius 3 is 2.70 bits per heavy atom. The van der Waals surface area contributed by atoms with Crippen LogP contribution in [0.5, 0.6) is 0 Å². The van der Waals surface area contributed by atoms with Gasteiger partial charge in [-0.1, -0.05) is 54.6 Å². The number of benzene rings is 3. The lowest BCUT2D eigenvalue weighted by atomic mass is 9.99. The van der Waals surface area contributed by atoms with E-state index >= 15 is 0 Å². The van der Waals surface area contributed by atoms with E-state index in [1.54, 1.807) is 42.7 Å². The molecule has 0 amide bonds. The lowest BCUT2D eigenvalue weighted by molar-refractivity contribution is -0.119. The molecule has 164 valence electrons. The monoisotopic (exact) mass is 439 g/mol. The van der Waals surface area contributed by atoms with Crippen LogP contribution in [0.2, 0.25) is 0 Å². The molecule has 0 bridgehead atoms. The van der Waals surface area contributed by atoms with Crippen molar-refractivity contribution in [3.63, 3.8) is 0 Å². The molecule has 1 saturated carbocycles. The van der Waals surface area contributed by atoms with Crippen molar-refractivity contribution in [2.75, 3.05) is 0 Å². The molecule has 0 N–H and O–H groups in total. The molecular formula is C28H22FNO3. The van der Waals surface area contributed by atoms with Crippen molar-refractivity contribution in [3.05, 3.63) is 113 Å². The average molecular weight is 439 g/mol. The lowest BCUT2D eigenvalue weighted by Crippen LogP contribution is -2.09. The average Bonchev–Trinajstić information content (AvgIpc) is 3.66. The van der Waals surface area contributed by atoms with Crippen LogP contribution in [0.25, 0.3) is 10.8 Å². The number of ether oxygens (including phenoxy) is 1. The standard InChI is InChI=1S/C28H22FNO3/c29-27-20(9-10-22-16-30-12-11-23(22)27)14-26(31)25-15-24(25)19-7-4-8-21(13-19)28(32)33-17-18-5-2-1-3-6-18/h1-13,16,24-25H,14-15,17H2/t24-,25+/m0/s1. The predicted octanol–water partition coefficient (Wildman–Crippen LogP) is 5.65. The van der Waals surface area contributed by atoms with Gasteiger partial charge in [0.1, 0.15) is 18.2 Å². The van der Waals surface area contributed by atoms with Crippen molar-refractivity contribution >= 4 is 22.5 Å². The third-order valence-corrected chi connectivity index (χ3v) is 6.17. The molecule has 0 spiro atoms. The van der Waals surface area contributed by atoms with Crippen molar-refractivity contribution in [2.24, 2.45) is 5.92 Å². The van der Waals surface area contributed by atoms with Gasteiger partial charge in [-0.15, -0.1) is 0 Å². The predicted molar refractivity (Wildman–Crippen MR) is 123 cm³/mol. The number of carbonyl (C=O) groups excluding carboxylic acids is 2. The number of aromatic nitrogens is 1. The molecule has 1 fully saturated rings. The summed E-state index contributed by atoms with van der Waals surface area (Å²) in [5.74, 6) is -0.842. The molecular weight excluding hydrogens is 417 g/mol. The Kier molecular flexibility index (Phi) is 5.69. The van der Waals surface area contributed by atoms with E-state index in [1.807, 2.05) is 42.5 Å². The zero-order valence-corrected chi connectivity index (χ0v) is 17.9. The molecule has 1 aliphatic rings. The van der Waals surface area contributed by atoms with Gasteiger partial charge in [0.05, 0.1) is 5.56 Å². The normalized spacial score (nSPS) is 17.0. The van der Waals surface area contributed by atoms with Gasteiger partial charge in [0.25, 0.3) is 0 Å². The first-order valence-corrected chi connectivity index (χ1v) is 10.9. The van der Waals surface area contributed by atoms with Crippen molar-refractivity contribution in [3.8, 4) is 0 Å². The van der Waals surface area contributed by atoms with Gasteiger partial charge in [-0.3, -0.25) is 9.78 Å². The van der Waals surface area contributed by atoms with Crippen molar-refractivity contribution in [2.45, 2.75) is 25.4 Å². The molecule has 0 unspecified atom stereocenters. The summed E-state index contributed by atoms with van der Waals surface area (Å²) in [6.07, 6.45) is 3.93. The number of ketones is 1. The van der Waals surface area contributed by atoms with Crippen LogP contribution < -0.4 is 0 Å². The highest BCUT2D eigenvalue weighted by molar-refractivity contribution is 5.91. The lowest BCUT2D eigenvalue weighted by Gasteiger charge is -2.08. The van der Waals surface area contributed by atoms with Gasteiger partial charge in [-0.2, -0.15) is 0 Å². The zero-order chi connectivity index (χ0) is 22.8. The minimum absolute atomic E-state index is 0.0179. The maximum absolute atomic E-state index is 14.8. The van der Waals surface area contributed by atoms with E-state index in [1.165, 1.54) is 0 Å². The van der Waals surface area contributed by atoms with Gasteiger partial charge in [-0.05, 0) is 47.2 Å². The molecule has 2 atom stereocenters. The first-order valence-electron chi connectivity index (χ1n) is 10.9. The van der Waals surface area contributed by atoms with Gasteiger partial charge in [-0.25, -0.2) is 9.18 Å². The summed E-state index contributed by atoms with van der Waals surface area (Å²) in [5, 5.41) is 1.19. The Labute approximate surface area is 191 Å². The van der Waals surface area contributed by atoms with Crippen LogP contribution in [0, 0.1) is 11.7 Å². The first-order chi connectivity index (χ1) is 16.1. The van der Waals surface area contributed by atoms with E-state index < -0.39 is 5.97 Å². The Hall–Kier alpha value is -3.86. The number of hydrogen-bond donors (Lipinski definition) is 0. The number of rotatable bonds is 7. The number of Topliss-reactive ketones (excluding diaryl/α,β-unsaturated/α-hetero) is 1. The van der Waals surface area contributed by atoms with E-state index in [9.17, 15) is 14.0 Å². The molecule has 1 aromatic heterocycles. The Morgan fingerprint density at radius 2 is 1.85 bits per heavy atom. The highest BCUT2D eigenvalue weighted by Gasteiger charge is 2.43. The van der Waals surface area contributed by atoms with E-state index in [0.29, 0.717) is 28.3 Å². The molecule has 1 aliphatic carbocycles. The van der Waals surface area contributed by atoms with E-state index in [2.05, 4.69) is 4.98 Å². The summed E-state index contributed by atoms with van der Waals surface area (Å²) in [5.41, 5.74) is 2.73. The van der Waals surface area contributed by atoms with E-state index in [-0.39, 0.29) is 36.5 Å². The number of esters is 1. The first kappa shape index (κ1) is 21.0. The highest BCUT2D eigenvalue weighted by Crippen LogP contribution is 2.48. The molecule has 5 rings (SSSR count). The number of nitrogens with zero attached hydrogens (tertiary/aromatic N) is 1. The molecule has 4 aromatic rings. The fourth-order valence-corrected chi connectivity index (χ4v) is 4.25. The molecule has 1 heterocycles. The highest BCUT2D eigenvalue weighted by atomic mass is 19.1. The van der Waals surface area contributed by atoms with Gasteiger partial charge < -0.3 is 4.74 Å². The summed E-state index contributed by atoms with van der Waals surface area (Å²) < 4.78 is 20.3. The van der Waals surface area contributed by atoms with Gasteiger partial charge >= 0.3 is 5.97 Å². The smallest absolute Gasteiger partial charge is 0.338 e. The topological polar surface area (TPSA) is 56.3 Å². The number of pyridine rings is 1. The summed E-state index contributed by atoms with van der Waals surface area (Å²) in [6, 6.07) is 21.9. The van der Waals surface area contributed by atoms with Gasteiger partial charge in [0.2, 0.25) is 0 Å². The summed E-state index contributed by atoms with van der Waals surface area (Å²) in [4.78, 5) is 29.3. The Bertz CT molecular complexity index is 1340. The van der Waals surface area contributed by atoms with Crippen LogP contribution in [-0.2, 0) is 22.6 Å². The minimum Gasteiger partial charge on any atom is -0.457 e. The third kappa shape index (κ3) is 4.53. The quantitative estimate of drug-likeness (QED) is 0.350. The van der Waals surface area contributed by atoms with Crippen LogP contribution in [0.3, 0.4) is 0 Å². The fraction of sp³-hybridized carbons (Fsp3) is 0.179. The second-order valence-electron chi connectivity index (χ2n) is 8.41. The Morgan fingerprint density at radius 1 is 1.00 bits per heavy atom. The second kappa shape index (κ2) is 8.94. The van der Waals surface area contributed by atoms with Gasteiger partial charge in [0, 0.05) is 35.5 Å². The number of halogens is 1. The molecule has 0 aliphatic heterocycles. The Balaban J connectivity index is 1.23. The van der Waals surface area contributed by atoms with Crippen LogP contribution >= 0.6 is 0 Å². The molecule has 4 nitrogen and oxygen atoms in total. The molecule has 3 aromatic carbocycles. The van der Waals surface area contributed by atoms with Crippen molar-refractivity contribution < 1.29 is 18.7 Å². The van der Waals surface area contributed by atoms with Crippen molar-refractivity contribution in [1.29, 1.82) is 0 Å². The van der Waals surface area contributed by atoms with Crippen LogP contribution in [0.15, 0.2) is 85.2 Å². The van der Waals surface area contributed by atoms with Crippen LogP contribution in [0.1, 0.15) is 39.4 Å². The zero-order valence-electron chi connectivity index (χ0n) is 17.9. The maximum Gasteiger partial charge on any atom is 0.338 e. The minimum atomic E-state index is -0.392. The third-order valence-electron chi connectivity index (χ3n) is 6.17. The van der Waals surface area contributed by atoms with Crippen LogP contribution in [0.4, 0.5) is 4.39 Å². The van der Waals surface area contributed by atoms with Crippen molar-refractivity contribution in [1.82, 2.24) is 4.98 Å².